The predicted molar refractivity (Wildman–Crippen MR) is 192 cm³/mol. The van der Waals surface area contributed by atoms with E-state index in [4.69, 9.17) is 15.0 Å². The summed E-state index contributed by atoms with van der Waals surface area (Å²) in [5.41, 5.74) is 5.17. The molecule has 0 unspecified atom stereocenters. The Morgan fingerprint density at radius 1 is 0.283 bits per heavy atom. The van der Waals surface area contributed by atoms with E-state index in [1.165, 1.54) is 48.7 Å². The highest BCUT2D eigenvalue weighted by Gasteiger charge is 2.15. The molecule has 0 saturated heterocycles. The molecule has 0 amide bonds. The standard InChI is InChI=1S/C43H27N3/c1-3-12-31(13-4-1)41-44-42(32-14-5-2-6-15-32)46-43(45-41)34-18-9-17-33(27-34)36-20-10-16-29-21-22-30-24-25-37-35-19-8-7-11-28(35)23-26-38(37)40(30)39(29)36/h1-27H. The molecule has 0 radical (unpaired) electrons. The van der Waals surface area contributed by atoms with Crippen molar-refractivity contribution in [2.45, 2.75) is 0 Å². The molecule has 9 aromatic rings. The van der Waals surface area contributed by atoms with E-state index in [1.54, 1.807) is 0 Å². The average molecular weight is 586 g/mol. The second-order valence-corrected chi connectivity index (χ2v) is 11.6. The van der Waals surface area contributed by atoms with Crippen molar-refractivity contribution in [2.75, 3.05) is 0 Å². The van der Waals surface area contributed by atoms with Crippen molar-refractivity contribution in [3.8, 4) is 45.3 Å². The van der Waals surface area contributed by atoms with Crippen LogP contribution in [-0.2, 0) is 0 Å². The molecule has 0 fully saturated rings. The van der Waals surface area contributed by atoms with Crippen molar-refractivity contribution in [3.63, 3.8) is 0 Å². The Balaban J connectivity index is 1.27. The van der Waals surface area contributed by atoms with E-state index in [1.807, 2.05) is 60.7 Å². The smallest absolute Gasteiger partial charge is 0.164 e. The molecule has 9 rings (SSSR count). The molecule has 3 nitrogen and oxygen atoms in total. The summed E-state index contributed by atoms with van der Waals surface area (Å²) >= 11 is 0. The van der Waals surface area contributed by atoms with Crippen molar-refractivity contribution in [2.24, 2.45) is 0 Å². The highest BCUT2D eigenvalue weighted by Crippen LogP contribution is 2.40. The molecule has 214 valence electrons. The lowest BCUT2D eigenvalue weighted by Gasteiger charge is -2.14. The topological polar surface area (TPSA) is 38.7 Å². The average Bonchev–Trinajstić information content (AvgIpc) is 3.14. The van der Waals surface area contributed by atoms with Gasteiger partial charge in [-0.15, -0.1) is 0 Å². The van der Waals surface area contributed by atoms with Crippen molar-refractivity contribution in [1.82, 2.24) is 15.0 Å². The number of fused-ring (bicyclic) bond motifs is 7. The van der Waals surface area contributed by atoms with Crippen LogP contribution < -0.4 is 0 Å². The fourth-order valence-corrected chi connectivity index (χ4v) is 6.69. The van der Waals surface area contributed by atoms with Gasteiger partial charge in [0.2, 0.25) is 0 Å². The zero-order valence-corrected chi connectivity index (χ0v) is 24.9. The Morgan fingerprint density at radius 2 is 0.783 bits per heavy atom. The Labute approximate surface area is 266 Å². The van der Waals surface area contributed by atoms with Gasteiger partial charge in [0.15, 0.2) is 17.5 Å². The minimum absolute atomic E-state index is 0.650. The first-order valence-corrected chi connectivity index (χ1v) is 15.5. The lowest BCUT2D eigenvalue weighted by atomic mass is 9.89. The molecule has 0 N–H and O–H groups in total. The van der Waals surface area contributed by atoms with Crippen LogP contribution in [0.3, 0.4) is 0 Å². The summed E-state index contributed by atoms with van der Waals surface area (Å²) in [7, 11) is 0. The molecule has 0 aliphatic heterocycles. The van der Waals surface area contributed by atoms with Crippen LogP contribution in [0.2, 0.25) is 0 Å². The van der Waals surface area contributed by atoms with Crippen LogP contribution in [-0.4, -0.2) is 15.0 Å². The van der Waals surface area contributed by atoms with Crippen molar-refractivity contribution in [3.05, 3.63) is 164 Å². The number of rotatable bonds is 4. The fraction of sp³-hybridized carbons (Fsp3) is 0. The number of hydrogen-bond acceptors (Lipinski definition) is 3. The fourth-order valence-electron chi connectivity index (χ4n) is 6.69. The van der Waals surface area contributed by atoms with Crippen LogP contribution in [0.1, 0.15) is 0 Å². The summed E-state index contributed by atoms with van der Waals surface area (Å²) in [6.45, 7) is 0. The Hall–Kier alpha value is -6.19. The summed E-state index contributed by atoms with van der Waals surface area (Å²) < 4.78 is 0. The van der Waals surface area contributed by atoms with Gasteiger partial charge in [-0.05, 0) is 60.3 Å². The number of hydrogen-bond donors (Lipinski definition) is 0. The van der Waals surface area contributed by atoms with Gasteiger partial charge in [-0.25, -0.2) is 15.0 Å². The zero-order valence-electron chi connectivity index (χ0n) is 24.9. The molecule has 0 atom stereocenters. The van der Waals surface area contributed by atoms with Gasteiger partial charge in [-0.1, -0.05) is 158 Å². The van der Waals surface area contributed by atoms with E-state index in [0.29, 0.717) is 17.5 Å². The largest absolute Gasteiger partial charge is 0.208 e. The third kappa shape index (κ3) is 4.41. The first-order chi connectivity index (χ1) is 22.8. The van der Waals surface area contributed by atoms with E-state index in [-0.39, 0.29) is 0 Å². The maximum absolute atomic E-state index is 4.99. The van der Waals surface area contributed by atoms with Crippen LogP contribution in [0.25, 0.3) is 88.4 Å². The monoisotopic (exact) mass is 585 g/mol. The second kappa shape index (κ2) is 10.8. The third-order valence-electron chi connectivity index (χ3n) is 8.88. The minimum atomic E-state index is 0.650. The van der Waals surface area contributed by atoms with E-state index < -0.39 is 0 Å². The Morgan fingerprint density at radius 3 is 1.52 bits per heavy atom. The molecule has 0 aliphatic carbocycles. The molecule has 8 aromatic carbocycles. The van der Waals surface area contributed by atoms with Gasteiger partial charge in [-0.3, -0.25) is 0 Å². The van der Waals surface area contributed by atoms with E-state index >= 15 is 0 Å². The molecule has 46 heavy (non-hydrogen) atoms. The minimum Gasteiger partial charge on any atom is -0.208 e. The lowest BCUT2D eigenvalue weighted by Crippen LogP contribution is -2.00. The highest BCUT2D eigenvalue weighted by molar-refractivity contribution is 6.27. The first-order valence-electron chi connectivity index (χ1n) is 15.5. The molecule has 3 heteroatoms. The summed E-state index contributed by atoms with van der Waals surface area (Å²) in [6, 6.07) is 57.6. The summed E-state index contributed by atoms with van der Waals surface area (Å²) in [4.78, 5) is 14.9. The van der Waals surface area contributed by atoms with Gasteiger partial charge >= 0.3 is 0 Å². The Bertz CT molecular complexity index is 2520. The predicted octanol–water partition coefficient (Wildman–Crippen LogP) is 11.2. The van der Waals surface area contributed by atoms with Gasteiger partial charge in [0.05, 0.1) is 0 Å². The molecular formula is C43H27N3. The van der Waals surface area contributed by atoms with Crippen molar-refractivity contribution in [1.29, 1.82) is 0 Å². The van der Waals surface area contributed by atoms with E-state index in [0.717, 1.165) is 22.3 Å². The molecule has 0 bridgehead atoms. The van der Waals surface area contributed by atoms with E-state index in [2.05, 4.69) is 103 Å². The van der Waals surface area contributed by atoms with Crippen LogP contribution >= 0.6 is 0 Å². The van der Waals surface area contributed by atoms with Crippen LogP contribution in [0.15, 0.2) is 164 Å². The van der Waals surface area contributed by atoms with Gasteiger partial charge in [0.25, 0.3) is 0 Å². The maximum Gasteiger partial charge on any atom is 0.164 e. The molecule has 1 aromatic heterocycles. The van der Waals surface area contributed by atoms with Crippen LogP contribution in [0.5, 0.6) is 0 Å². The van der Waals surface area contributed by atoms with Gasteiger partial charge in [0.1, 0.15) is 0 Å². The SMILES string of the molecule is c1ccc(-c2nc(-c3ccccc3)nc(-c3cccc(-c4cccc5ccc6ccc7c8ccccc8ccc7c6c45)c3)n2)cc1. The number of aromatic nitrogens is 3. The molecular weight excluding hydrogens is 558 g/mol. The third-order valence-corrected chi connectivity index (χ3v) is 8.88. The summed E-state index contributed by atoms with van der Waals surface area (Å²) in [6.07, 6.45) is 0. The normalized spacial score (nSPS) is 11.5. The van der Waals surface area contributed by atoms with Crippen LogP contribution in [0, 0.1) is 0 Å². The number of nitrogens with zero attached hydrogens (tertiary/aromatic N) is 3. The maximum atomic E-state index is 4.99. The van der Waals surface area contributed by atoms with Crippen molar-refractivity contribution < 1.29 is 0 Å². The zero-order chi connectivity index (χ0) is 30.5. The highest BCUT2D eigenvalue weighted by atomic mass is 15.0. The molecule has 0 saturated carbocycles. The molecule has 0 aliphatic rings. The van der Waals surface area contributed by atoms with Gasteiger partial charge in [0, 0.05) is 16.7 Å². The summed E-state index contributed by atoms with van der Waals surface area (Å²) in [5.74, 6) is 1.96. The summed E-state index contributed by atoms with van der Waals surface area (Å²) in [5, 5.41) is 10.0. The van der Waals surface area contributed by atoms with Gasteiger partial charge < -0.3 is 0 Å². The lowest BCUT2D eigenvalue weighted by molar-refractivity contribution is 1.07. The first kappa shape index (κ1) is 26.2. The van der Waals surface area contributed by atoms with Gasteiger partial charge in [-0.2, -0.15) is 0 Å². The molecule has 0 spiro atoms. The Kier molecular flexibility index (Phi) is 6.14. The number of benzene rings is 8. The van der Waals surface area contributed by atoms with Crippen molar-refractivity contribution >= 4 is 43.1 Å². The molecule has 1 heterocycles. The van der Waals surface area contributed by atoms with Crippen LogP contribution in [0.4, 0.5) is 0 Å². The second-order valence-electron chi connectivity index (χ2n) is 11.6. The van der Waals surface area contributed by atoms with E-state index in [9.17, 15) is 0 Å². The quantitative estimate of drug-likeness (QED) is 0.193.